The molecule has 4 aromatic rings. The second-order valence-electron chi connectivity index (χ2n) is 5.88. The minimum Gasteiger partial charge on any atom is -0.315 e. The SMILES string of the molecule is Cc1cc2ccccn2c1/C(=N\S(=O)(=O)c1cccs1)c1ccccc1. The fourth-order valence-corrected chi connectivity index (χ4v) is 4.95. The second-order valence-corrected chi connectivity index (χ2v) is 8.66. The number of hydrogen-bond acceptors (Lipinski definition) is 3. The van der Waals surface area contributed by atoms with Gasteiger partial charge in [-0.05, 0) is 42.1 Å². The normalized spacial score (nSPS) is 12.6. The zero-order chi connectivity index (χ0) is 18.1. The van der Waals surface area contributed by atoms with Crippen LogP contribution in [0.3, 0.4) is 0 Å². The Balaban J connectivity index is 2.01. The number of hydrogen-bond donors (Lipinski definition) is 0. The van der Waals surface area contributed by atoms with Gasteiger partial charge in [-0.2, -0.15) is 12.8 Å². The fraction of sp³-hybridized carbons (Fsp3) is 0.0500. The predicted octanol–water partition coefficient (Wildman–Crippen LogP) is 4.54. The molecule has 3 heterocycles. The van der Waals surface area contributed by atoms with Crippen molar-refractivity contribution in [2.75, 3.05) is 0 Å². The Bertz CT molecular complexity index is 1190. The summed E-state index contributed by atoms with van der Waals surface area (Å²) in [6.45, 7) is 1.97. The lowest BCUT2D eigenvalue weighted by molar-refractivity contribution is 0.600. The maximum atomic E-state index is 12.8. The van der Waals surface area contributed by atoms with E-state index < -0.39 is 10.0 Å². The molecular weight excluding hydrogens is 364 g/mol. The van der Waals surface area contributed by atoms with Crippen molar-refractivity contribution in [3.05, 3.63) is 95.1 Å². The van der Waals surface area contributed by atoms with Crippen LogP contribution in [0.4, 0.5) is 0 Å². The van der Waals surface area contributed by atoms with E-state index in [2.05, 4.69) is 4.40 Å². The highest BCUT2D eigenvalue weighted by Gasteiger charge is 2.21. The maximum absolute atomic E-state index is 12.8. The third kappa shape index (κ3) is 2.98. The van der Waals surface area contributed by atoms with E-state index in [-0.39, 0.29) is 4.21 Å². The van der Waals surface area contributed by atoms with Gasteiger partial charge in [0.05, 0.1) is 5.69 Å². The van der Waals surface area contributed by atoms with Crippen LogP contribution >= 0.6 is 11.3 Å². The Morgan fingerprint density at radius 1 is 1.00 bits per heavy atom. The summed E-state index contributed by atoms with van der Waals surface area (Å²) in [7, 11) is -3.78. The summed E-state index contributed by atoms with van der Waals surface area (Å²) < 4.78 is 32.1. The van der Waals surface area contributed by atoms with Gasteiger partial charge in [0.25, 0.3) is 10.0 Å². The number of sulfonamides is 1. The lowest BCUT2D eigenvalue weighted by atomic mass is 10.1. The van der Waals surface area contributed by atoms with Gasteiger partial charge in [0.1, 0.15) is 9.92 Å². The highest BCUT2D eigenvalue weighted by atomic mass is 32.2. The van der Waals surface area contributed by atoms with E-state index in [4.69, 9.17) is 0 Å². The molecule has 6 heteroatoms. The molecule has 0 N–H and O–H groups in total. The summed E-state index contributed by atoms with van der Waals surface area (Å²) in [5.41, 5.74) is 3.96. The van der Waals surface area contributed by atoms with Crippen molar-refractivity contribution in [2.45, 2.75) is 11.1 Å². The van der Waals surface area contributed by atoms with E-state index in [1.807, 2.05) is 72.1 Å². The number of benzene rings is 1. The molecule has 26 heavy (non-hydrogen) atoms. The van der Waals surface area contributed by atoms with E-state index in [1.165, 1.54) is 11.3 Å². The molecule has 0 bridgehead atoms. The maximum Gasteiger partial charge on any atom is 0.292 e. The van der Waals surface area contributed by atoms with E-state index in [0.717, 1.165) is 22.3 Å². The van der Waals surface area contributed by atoms with Crippen LogP contribution in [0.15, 0.2) is 86.9 Å². The Kier molecular flexibility index (Phi) is 4.22. The van der Waals surface area contributed by atoms with Crippen molar-refractivity contribution in [2.24, 2.45) is 4.40 Å². The first-order chi connectivity index (χ1) is 12.6. The van der Waals surface area contributed by atoms with Gasteiger partial charge in [0, 0.05) is 17.3 Å². The Hall–Kier alpha value is -2.70. The summed E-state index contributed by atoms with van der Waals surface area (Å²) in [5, 5.41) is 1.74. The average molecular weight is 380 g/mol. The number of aromatic nitrogens is 1. The number of rotatable bonds is 4. The van der Waals surface area contributed by atoms with Gasteiger partial charge in [-0.25, -0.2) is 0 Å². The van der Waals surface area contributed by atoms with Crippen LogP contribution in [0.2, 0.25) is 0 Å². The molecule has 0 amide bonds. The molecule has 4 rings (SSSR count). The summed E-state index contributed by atoms with van der Waals surface area (Å²) in [6, 6.07) is 20.6. The highest BCUT2D eigenvalue weighted by molar-refractivity contribution is 7.92. The molecule has 0 atom stereocenters. The first kappa shape index (κ1) is 16.8. The minimum atomic E-state index is -3.78. The zero-order valence-electron chi connectivity index (χ0n) is 14.0. The van der Waals surface area contributed by atoms with Crippen LogP contribution in [0.1, 0.15) is 16.8 Å². The molecule has 130 valence electrons. The quantitative estimate of drug-likeness (QED) is 0.488. The van der Waals surface area contributed by atoms with Crippen molar-refractivity contribution >= 4 is 32.6 Å². The van der Waals surface area contributed by atoms with Gasteiger partial charge in [0.2, 0.25) is 0 Å². The van der Waals surface area contributed by atoms with E-state index in [0.29, 0.717) is 5.71 Å². The third-order valence-corrected chi connectivity index (χ3v) is 6.75. The van der Waals surface area contributed by atoms with E-state index in [9.17, 15) is 8.42 Å². The molecule has 0 fully saturated rings. The monoisotopic (exact) mass is 380 g/mol. The molecule has 0 aliphatic heterocycles. The smallest absolute Gasteiger partial charge is 0.292 e. The summed E-state index contributed by atoms with van der Waals surface area (Å²) >= 11 is 1.17. The number of nitrogens with zero attached hydrogens (tertiary/aromatic N) is 2. The van der Waals surface area contributed by atoms with Gasteiger partial charge in [-0.3, -0.25) is 0 Å². The van der Waals surface area contributed by atoms with Gasteiger partial charge >= 0.3 is 0 Å². The van der Waals surface area contributed by atoms with Crippen molar-refractivity contribution in [1.82, 2.24) is 4.40 Å². The molecule has 0 unspecified atom stereocenters. The van der Waals surface area contributed by atoms with Crippen LogP contribution in [0.5, 0.6) is 0 Å². The highest BCUT2D eigenvalue weighted by Crippen LogP contribution is 2.24. The molecule has 0 radical (unpaired) electrons. The summed E-state index contributed by atoms with van der Waals surface area (Å²) in [6.07, 6.45) is 1.92. The van der Waals surface area contributed by atoms with Crippen molar-refractivity contribution in [1.29, 1.82) is 0 Å². The lowest BCUT2D eigenvalue weighted by Gasteiger charge is -2.09. The molecule has 0 saturated carbocycles. The number of thiophene rings is 1. The predicted molar refractivity (Wildman–Crippen MR) is 106 cm³/mol. The van der Waals surface area contributed by atoms with Crippen molar-refractivity contribution < 1.29 is 8.42 Å². The zero-order valence-corrected chi connectivity index (χ0v) is 15.7. The summed E-state index contributed by atoms with van der Waals surface area (Å²) in [5.74, 6) is 0. The number of aryl methyl sites for hydroxylation is 1. The van der Waals surface area contributed by atoms with Gasteiger partial charge in [-0.15, -0.1) is 11.3 Å². The standard InChI is InChI=1S/C20H16N2O2S2/c1-15-14-17-10-5-6-12-22(17)20(15)19(16-8-3-2-4-9-16)21-26(23,24)18-11-7-13-25-18/h2-14H,1H3/b21-19-. The fourth-order valence-electron chi connectivity index (χ4n) is 2.96. The van der Waals surface area contributed by atoms with Crippen molar-refractivity contribution in [3.8, 4) is 0 Å². The molecular formula is C20H16N2O2S2. The number of pyridine rings is 1. The molecule has 4 nitrogen and oxygen atoms in total. The van der Waals surface area contributed by atoms with Gasteiger partial charge < -0.3 is 4.40 Å². The topological polar surface area (TPSA) is 50.9 Å². The van der Waals surface area contributed by atoms with Crippen LogP contribution in [0, 0.1) is 6.92 Å². The lowest BCUT2D eigenvalue weighted by Crippen LogP contribution is -2.11. The number of fused-ring (bicyclic) bond motifs is 1. The molecule has 0 aliphatic carbocycles. The minimum absolute atomic E-state index is 0.240. The molecule has 0 spiro atoms. The molecule has 1 aromatic carbocycles. The van der Waals surface area contributed by atoms with Gasteiger partial charge in [0.15, 0.2) is 0 Å². The second kappa shape index (κ2) is 6.55. The summed E-state index contributed by atoms with van der Waals surface area (Å²) in [4.78, 5) is 0. The van der Waals surface area contributed by atoms with Crippen molar-refractivity contribution in [3.63, 3.8) is 0 Å². The Morgan fingerprint density at radius 2 is 1.77 bits per heavy atom. The largest absolute Gasteiger partial charge is 0.315 e. The van der Waals surface area contributed by atoms with Crippen LogP contribution in [-0.4, -0.2) is 18.5 Å². The van der Waals surface area contributed by atoms with Crippen LogP contribution < -0.4 is 0 Å². The molecule has 0 aliphatic rings. The van der Waals surface area contributed by atoms with E-state index in [1.54, 1.807) is 17.5 Å². The first-order valence-corrected chi connectivity index (χ1v) is 10.4. The Morgan fingerprint density at radius 3 is 2.50 bits per heavy atom. The first-order valence-electron chi connectivity index (χ1n) is 8.07. The van der Waals surface area contributed by atoms with E-state index >= 15 is 0 Å². The van der Waals surface area contributed by atoms with Crippen LogP contribution in [-0.2, 0) is 10.0 Å². The average Bonchev–Trinajstić information content (AvgIpc) is 3.28. The van der Waals surface area contributed by atoms with Gasteiger partial charge in [-0.1, -0.05) is 42.5 Å². The third-order valence-electron chi connectivity index (χ3n) is 4.10. The molecule has 3 aromatic heterocycles. The molecule has 0 saturated heterocycles. The Labute approximate surface area is 156 Å². The van der Waals surface area contributed by atoms with Crippen LogP contribution in [0.25, 0.3) is 5.52 Å².